The predicted molar refractivity (Wildman–Crippen MR) is 116 cm³/mol. The van der Waals surface area contributed by atoms with Crippen molar-refractivity contribution in [2.75, 3.05) is 25.0 Å². The normalized spacial score (nSPS) is 13.3. The van der Waals surface area contributed by atoms with Crippen LogP contribution in [-0.4, -0.2) is 36.4 Å². The zero-order valence-corrected chi connectivity index (χ0v) is 17.2. The monoisotopic (exact) mass is 394 g/mol. The number of nitrogens with one attached hydrogen (secondary N) is 1. The molecule has 1 aliphatic heterocycles. The molecule has 154 valence electrons. The zero-order chi connectivity index (χ0) is 20.5. The molecule has 0 saturated carbocycles. The molecule has 5 nitrogen and oxygen atoms in total. The van der Waals surface area contributed by atoms with Crippen LogP contribution in [0.25, 0.3) is 0 Å². The number of hydrogen-bond acceptors (Lipinski definition) is 3. The fourth-order valence-corrected chi connectivity index (χ4v) is 3.49. The van der Waals surface area contributed by atoms with Crippen molar-refractivity contribution in [3.63, 3.8) is 0 Å². The van der Waals surface area contributed by atoms with Crippen molar-refractivity contribution in [3.8, 4) is 5.75 Å². The van der Waals surface area contributed by atoms with E-state index in [1.54, 1.807) is 30.3 Å². The van der Waals surface area contributed by atoms with Gasteiger partial charge in [0.25, 0.3) is 11.8 Å². The summed E-state index contributed by atoms with van der Waals surface area (Å²) in [5.41, 5.74) is 1.83. The lowest BCUT2D eigenvalue weighted by Crippen LogP contribution is -2.27. The molecule has 1 saturated heterocycles. The maximum absolute atomic E-state index is 12.7. The van der Waals surface area contributed by atoms with E-state index in [0.29, 0.717) is 29.2 Å². The van der Waals surface area contributed by atoms with Crippen LogP contribution in [0, 0.1) is 0 Å². The molecule has 2 amide bonds. The van der Waals surface area contributed by atoms with Gasteiger partial charge in [-0.1, -0.05) is 38.3 Å². The topological polar surface area (TPSA) is 58.6 Å². The highest BCUT2D eigenvalue weighted by Gasteiger charge is 2.19. The maximum Gasteiger partial charge on any atom is 0.259 e. The third-order valence-electron chi connectivity index (χ3n) is 5.17. The number of anilines is 1. The van der Waals surface area contributed by atoms with Gasteiger partial charge in [-0.3, -0.25) is 9.59 Å². The first-order valence-corrected chi connectivity index (χ1v) is 10.6. The number of carbonyl (C=O) groups excluding carboxylic acids is 2. The molecule has 29 heavy (non-hydrogen) atoms. The van der Waals surface area contributed by atoms with Gasteiger partial charge in [-0.15, -0.1) is 0 Å². The number of unbranched alkanes of at least 4 members (excludes halogenated alkanes) is 3. The van der Waals surface area contributed by atoms with Crippen LogP contribution in [0.5, 0.6) is 5.75 Å². The van der Waals surface area contributed by atoms with Crippen LogP contribution in [0.15, 0.2) is 48.5 Å². The summed E-state index contributed by atoms with van der Waals surface area (Å²) in [6.07, 6.45) is 6.63. The van der Waals surface area contributed by atoms with Crippen molar-refractivity contribution in [3.05, 3.63) is 59.7 Å². The molecule has 0 radical (unpaired) electrons. The molecule has 2 aromatic rings. The first-order chi connectivity index (χ1) is 14.2. The van der Waals surface area contributed by atoms with Gasteiger partial charge < -0.3 is 15.0 Å². The summed E-state index contributed by atoms with van der Waals surface area (Å²) in [4.78, 5) is 27.0. The van der Waals surface area contributed by atoms with E-state index in [2.05, 4.69) is 12.2 Å². The number of rotatable bonds is 9. The molecule has 3 rings (SSSR count). The van der Waals surface area contributed by atoms with E-state index in [-0.39, 0.29) is 11.8 Å². The summed E-state index contributed by atoms with van der Waals surface area (Å²) in [5.74, 6) is 0.442. The predicted octanol–water partition coefficient (Wildman–Crippen LogP) is 5.13. The Labute approximate surface area is 173 Å². The fourth-order valence-electron chi connectivity index (χ4n) is 3.49. The Balaban J connectivity index is 1.59. The fraction of sp³-hybridized carbons (Fsp3) is 0.417. The first kappa shape index (κ1) is 20.9. The zero-order valence-electron chi connectivity index (χ0n) is 17.2. The van der Waals surface area contributed by atoms with E-state index in [1.165, 1.54) is 12.8 Å². The summed E-state index contributed by atoms with van der Waals surface area (Å²) < 4.78 is 5.84. The Morgan fingerprint density at radius 2 is 1.69 bits per heavy atom. The van der Waals surface area contributed by atoms with Crippen molar-refractivity contribution >= 4 is 17.5 Å². The van der Waals surface area contributed by atoms with Crippen LogP contribution in [0.2, 0.25) is 0 Å². The molecular formula is C24H30N2O3. The molecule has 1 fully saturated rings. The number of nitrogens with zero attached hydrogens (tertiary/aromatic N) is 1. The van der Waals surface area contributed by atoms with Crippen LogP contribution in [0.4, 0.5) is 5.69 Å². The van der Waals surface area contributed by atoms with Crippen LogP contribution >= 0.6 is 0 Å². The molecule has 0 atom stereocenters. The highest BCUT2D eigenvalue weighted by atomic mass is 16.5. The second-order valence-electron chi connectivity index (χ2n) is 7.44. The minimum absolute atomic E-state index is 0.0576. The van der Waals surface area contributed by atoms with Gasteiger partial charge in [-0.05, 0) is 55.7 Å². The van der Waals surface area contributed by atoms with Gasteiger partial charge in [-0.2, -0.15) is 0 Å². The summed E-state index contributed by atoms with van der Waals surface area (Å²) in [6, 6.07) is 14.4. The molecular weight excluding hydrogens is 364 g/mol. The van der Waals surface area contributed by atoms with Gasteiger partial charge in [0.1, 0.15) is 5.75 Å². The smallest absolute Gasteiger partial charge is 0.259 e. The van der Waals surface area contributed by atoms with E-state index in [1.807, 2.05) is 23.1 Å². The third kappa shape index (κ3) is 5.83. The number of carbonyl (C=O) groups is 2. The lowest BCUT2D eigenvalue weighted by Gasteiger charge is -2.15. The van der Waals surface area contributed by atoms with Gasteiger partial charge in [0.05, 0.1) is 12.2 Å². The molecule has 2 aromatic carbocycles. The Bertz CT molecular complexity index is 811. The maximum atomic E-state index is 12.7. The average molecular weight is 395 g/mol. The molecule has 0 bridgehead atoms. The molecule has 5 heteroatoms. The lowest BCUT2D eigenvalue weighted by atomic mass is 10.1. The van der Waals surface area contributed by atoms with Crippen molar-refractivity contribution in [2.45, 2.75) is 45.4 Å². The minimum atomic E-state index is -0.215. The lowest BCUT2D eigenvalue weighted by molar-refractivity contribution is 0.0792. The number of ether oxygens (including phenoxy) is 1. The third-order valence-corrected chi connectivity index (χ3v) is 5.17. The van der Waals surface area contributed by atoms with Crippen LogP contribution < -0.4 is 10.1 Å². The van der Waals surface area contributed by atoms with E-state index < -0.39 is 0 Å². The van der Waals surface area contributed by atoms with E-state index in [4.69, 9.17) is 4.74 Å². The number of para-hydroxylation sites is 1. The highest BCUT2D eigenvalue weighted by molar-refractivity contribution is 6.06. The Hall–Kier alpha value is -2.82. The van der Waals surface area contributed by atoms with Gasteiger partial charge in [0, 0.05) is 24.3 Å². The molecule has 0 aliphatic carbocycles. The van der Waals surface area contributed by atoms with Gasteiger partial charge in [-0.25, -0.2) is 0 Å². The van der Waals surface area contributed by atoms with E-state index >= 15 is 0 Å². The largest absolute Gasteiger partial charge is 0.493 e. The molecule has 1 N–H and O–H groups in total. The summed E-state index contributed by atoms with van der Waals surface area (Å²) >= 11 is 0. The van der Waals surface area contributed by atoms with Gasteiger partial charge in [0.2, 0.25) is 0 Å². The van der Waals surface area contributed by atoms with Crippen LogP contribution in [0.1, 0.15) is 66.2 Å². The van der Waals surface area contributed by atoms with E-state index in [0.717, 1.165) is 38.8 Å². The van der Waals surface area contributed by atoms with E-state index in [9.17, 15) is 9.59 Å². The number of hydrogen-bond donors (Lipinski definition) is 1. The Morgan fingerprint density at radius 3 is 2.41 bits per heavy atom. The van der Waals surface area contributed by atoms with Crippen LogP contribution in [-0.2, 0) is 0 Å². The second kappa shape index (κ2) is 10.6. The van der Waals surface area contributed by atoms with Crippen molar-refractivity contribution in [1.29, 1.82) is 0 Å². The number of amides is 2. The van der Waals surface area contributed by atoms with Gasteiger partial charge >= 0.3 is 0 Å². The van der Waals surface area contributed by atoms with Crippen molar-refractivity contribution in [1.82, 2.24) is 4.90 Å². The highest BCUT2D eigenvalue weighted by Crippen LogP contribution is 2.21. The first-order valence-electron chi connectivity index (χ1n) is 10.6. The summed E-state index contributed by atoms with van der Waals surface area (Å²) in [6.45, 7) is 4.44. The number of benzene rings is 2. The SMILES string of the molecule is CCCCCCOc1ccccc1C(=O)Nc1ccc(C(=O)N2CCCC2)cc1. The molecule has 0 aromatic heterocycles. The van der Waals surface area contributed by atoms with Crippen molar-refractivity contribution in [2.24, 2.45) is 0 Å². The molecule has 1 aliphatic rings. The Kier molecular flexibility index (Phi) is 7.68. The van der Waals surface area contributed by atoms with Gasteiger partial charge in [0.15, 0.2) is 0 Å². The Morgan fingerprint density at radius 1 is 0.966 bits per heavy atom. The van der Waals surface area contributed by atoms with Crippen molar-refractivity contribution < 1.29 is 14.3 Å². The minimum Gasteiger partial charge on any atom is -0.493 e. The molecule has 0 unspecified atom stereocenters. The molecule has 0 spiro atoms. The summed E-state index contributed by atoms with van der Waals surface area (Å²) in [7, 11) is 0. The number of likely N-dealkylation sites (tertiary alicyclic amines) is 1. The van der Waals surface area contributed by atoms with Crippen LogP contribution in [0.3, 0.4) is 0 Å². The standard InChI is InChI=1S/C24H30N2O3/c1-2-3-4-9-18-29-22-11-6-5-10-21(22)23(27)25-20-14-12-19(13-15-20)24(28)26-16-7-8-17-26/h5-6,10-15H,2-4,7-9,16-18H2,1H3,(H,25,27). The second-order valence-corrected chi connectivity index (χ2v) is 7.44. The molecule has 1 heterocycles. The summed E-state index contributed by atoms with van der Waals surface area (Å²) in [5, 5.41) is 2.90. The quantitative estimate of drug-likeness (QED) is 0.600. The average Bonchev–Trinajstić information content (AvgIpc) is 3.29.